The van der Waals surface area contributed by atoms with Crippen molar-refractivity contribution in [2.75, 3.05) is 6.54 Å². The molecule has 7 heteroatoms. The van der Waals surface area contributed by atoms with Crippen molar-refractivity contribution in [2.45, 2.75) is 39.1 Å². The van der Waals surface area contributed by atoms with E-state index in [0.29, 0.717) is 5.56 Å². The molecule has 0 aromatic heterocycles. The first kappa shape index (κ1) is 17.8. The maximum atomic E-state index is 12.0. The molecule has 0 heterocycles. The number of hydrogen-bond donors (Lipinski definition) is 1. The van der Waals surface area contributed by atoms with Crippen molar-refractivity contribution < 1.29 is 22.7 Å². The van der Waals surface area contributed by atoms with Crippen LogP contribution in [0.15, 0.2) is 18.2 Å². The van der Waals surface area contributed by atoms with Gasteiger partial charge in [0.1, 0.15) is 5.60 Å². The normalized spacial score (nSPS) is 12.3. The molecule has 0 unspecified atom stereocenters. The van der Waals surface area contributed by atoms with E-state index in [2.05, 4.69) is 5.32 Å². The zero-order chi connectivity index (χ0) is 16.3. The maximum Gasteiger partial charge on any atom is 0.401 e. The number of ether oxygens (including phenoxy) is 1. The number of alkyl halides is 3. The van der Waals surface area contributed by atoms with Gasteiger partial charge in [-0.15, -0.1) is 0 Å². The fraction of sp³-hybridized carbons (Fsp3) is 0.500. The van der Waals surface area contributed by atoms with Crippen LogP contribution < -0.4 is 5.32 Å². The molecule has 0 aliphatic carbocycles. The summed E-state index contributed by atoms with van der Waals surface area (Å²) in [5, 5.41) is 2.40. The molecule has 0 aliphatic heterocycles. The van der Waals surface area contributed by atoms with E-state index < -0.39 is 24.3 Å². The maximum absolute atomic E-state index is 12.0. The lowest BCUT2D eigenvalue weighted by atomic mass is 10.1. The molecule has 0 saturated heterocycles. The van der Waals surface area contributed by atoms with E-state index in [-0.39, 0.29) is 17.1 Å². The van der Waals surface area contributed by atoms with Crippen LogP contribution in [0.5, 0.6) is 0 Å². The molecule has 1 N–H and O–H groups in total. The second-order valence-corrected chi connectivity index (χ2v) is 5.94. The first-order chi connectivity index (χ1) is 9.48. The standard InChI is InChI=1S/C14H17ClF3NO2/c1-13(2,3)21-12(20)10-5-4-9(6-11(10)15)7-19-8-14(16,17)18/h4-6,19H,7-8H2,1-3H3. The molecular weight excluding hydrogens is 307 g/mol. The van der Waals surface area contributed by atoms with Gasteiger partial charge >= 0.3 is 12.1 Å². The minimum Gasteiger partial charge on any atom is -0.456 e. The highest BCUT2D eigenvalue weighted by molar-refractivity contribution is 6.33. The Balaban J connectivity index is 2.70. The summed E-state index contributed by atoms with van der Waals surface area (Å²) in [5.41, 5.74) is 0.0931. The van der Waals surface area contributed by atoms with Crippen molar-refractivity contribution in [3.8, 4) is 0 Å². The summed E-state index contributed by atoms with van der Waals surface area (Å²) in [7, 11) is 0. The van der Waals surface area contributed by atoms with E-state index in [1.54, 1.807) is 20.8 Å². The SMILES string of the molecule is CC(C)(C)OC(=O)c1ccc(CNCC(F)(F)F)cc1Cl. The molecule has 0 amide bonds. The van der Waals surface area contributed by atoms with Crippen molar-refractivity contribution in [1.82, 2.24) is 5.32 Å². The Kier molecular flexibility index (Phi) is 5.64. The highest BCUT2D eigenvalue weighted by Crippen LogP contribution is 2.21. The number of hydrogen-bond acceptors (Lipinski definition) is 3. The summed E-state index contributed by atoms with van der Waals surface area (Å²) >= 11 is 5.97. The van der Waals surface area contributed by atoms with Crippen molar-refractivity contribution in [1.29, 1.82) is 0 Å². The lowest BCUT2D eigenvalue weighted by Crippen LogP contribution is -2.28. The molecule has 0 saturated carbocycles. The summed E-state index contributed by atoms with van der Waals surface area (Å²) in [6, 6.07) is 4.43. The number of benzene rings is 1. The van der Waals surface area contributed by atoms with Crippen LogP contribution in [0, 0.1) is 0 Å². The molecule has 3 nitrogen and oxygen atoms in total. The van der Waals surface area contributed by atoms with E-state index in [0.717, 1.165) is 0 Å². The van der Waals surface area contributed by atoms with Crippen LogP contribution in [0.3, 0.4) is 0 Å². The average Bonchev–Trinajstić information content (AvgIpc) is 2.24. The van der Waals surface area contributed by atoms with Gasteiger partial charge in [0.25, 0.3) is 0 Å². The third-order valence-corrected chi connectivity index (χ3v) is 2.62. The molecule has 21 heavy (non-hydrogen) atoms. The van der Waals surface area contributed by atoms with Gasteiger partial charge < -0.3 is 10.1 Å². The zero-order valence-electron chi connectivity index (χ0n) is 12.0. The highest BCUT2D eigenvalue weighted by Gasteiger charge is 2.26. The van der Waals surface area contributed by atoms with Gasteiger partial charge in [-0.2, -0.15) is 13.2 Å². The van der Waals surface area contributed by atoms with Crippen LogP contribution in [0.25, 0.3) is 0 Å². The first-order valence-corrected chi connectivity index (χ1v) is 6.65. The van der Waals surface area contributed by atoms with E-state index >= 15 is 0 Å². The fourth-order valence-electron chi connectivity index (χ4n) is 1.52. The smallest absolute Gasteiger partial charge is 0.401 e. The zero-order valence-corrected chi connectivity index (χ0v) is 12.7. The lowest BCUT2D eigenvalue weighted by molar-refractivity contribution is -0.125. The number of esters is 1. The van der Waals surface area contributed by atoms with Crippen LogP contribution >= 0.6 is 11.6 Å². The van der Waals surface area contributed by atoms with Crippen molar-refractivity contribution in [2.24, 2.45) is 0 Å². The number of halogens is 4. The molecule has 1 rings (SSSR count). The number of nitrogens with one attached hydrogen (secondary N) is 1. The Bertz CT molecular complexity index is 510. The van der Waals surface area contributed by atoms with E-state index in [9.17, 15) is 18.0 Å². The van der Waals surface area contributed by atoms with Crippen LogP contribution in [0.4, 0.5) is 13.2 Å². The number of carbonyl (C=O) groups is 1. The molecule has 0 fully saturated rings. The van der Waals surface area contributed by atoms with Gasteiger partial charge in [0.05, 0.1) is 17.1 Å². The molecule has 0 spiro atoms. The number of carbonyl (C=O) groups excluding carboxylic acids is 1. The van der Waals surface area contributed by atoms with Gasteiger partial charge in [0, 0.05) is 6.54 Å². The van der Waals surface area contributed by atoms with Gasteiger partial charge in [-0.05, 0) is 38.5 Å². The monoisotopic (exact) mass is 323 g/mol. The summed E-state index contributed by atoms with van der Waals surface area (Å²) in [6.45, 7) is 4.11. The van der Waals surface area contributed by atoms with Crippen LogP contribution in [0.2, 0.25) is 5.02 Å². The highest BCUT2D eigenvalue weighted by atomic mass is 35.5. The Morgan fingerprint density at radius 3 is 2.38 bits per heavy atom. The van der Waals surface area contributed by atoms with Crippen molar-refractivity contribution >= 4 is 17.6 Å². The second-order valence-electron chi connectivity index (χ2n) is 5.53. The predicted octanol–water partition coefficient (Wildman–Crippen LogP) is 3.95. The van der Waals surface area contributed by atoms with Crippen LogP contribution in [-0.4, -0.2) is 24.3 Å². The van der Waals surface area contributed by atoms with Gasteiger partial charge in [-0.25, -0.2) is 4.79 Å². The van der Waals surface area contributed by atoms with E-state index in [1.807, 2.05) is 0 Å². The van der Waals surface area contributed by atoms with E-state index in [1.165, 1.54) is 18.2 Å². The summed E-state index contributed by atoms with van der Waals surface area (Å²) in [6.07, 6.45) is -4.26. The van der Waals surface area contributed by atoms with Gasteiger partial charge in [-0.3, -0.25) is 0 Å². The van der Waals surface area contributed by atoms with E-state index in [4.69, 9.17) is 16.3 Å². The summed E-state index contributed by atoms with van der Waals surface area (Å²) in [4.78, 5) is 11.9. The largest absolute Gasteiger partial charge is 0.456 e. The number of rotatable bonds is 4. The molecule has 1 aromatic rings. The molecule has 0 aliphatic rings. The Hall–Kier alpha value is -1.27. The topological polar surface area (TPSA) is 38.3 Å². The molecule has 0 bridgehead atoms. The third-order valence-electron chi connectivity index (χ3n) is 2.31. The molecule has 118 valence electrons. The van der Waals surface area contributed by atoms with Gasteiger partial charge in [0.15, 0.2) is 0 Å². The Labute approximate surface area is 126 Å². The minimum absolute atomic E-state index is 0.00777. The summed E-state index contributed by atoms with van der Waals surface area (Å²) < 4.78 is 41.2. The van der Waals surface area contributed by atoms with Crippen LogP contribution in [0.1, 0.15) is 36.7 Å². The van der Waals surface area contributed by atoms with Crippen molar-refractivity contribution in [3.05, 3.63) is 34.3 Å². The van der Waals surface area contributed by atoms with Gasteiger partial charge in [0.2, 0.25) is 0 Å². The minimum atomic E-state index is -4.26. The Morgan fingerprint density at radius 2 is 1.90 bits per heavy atom. The molecular formula is C14H17ClF3NO2. The predicted molar refractivity (Wildman–Crippen MR) is 74.4 cm³/mol. The third kappa shape index (κ3) is 6.82. The quantitative estimate of drug-likeness (QED) is 0.853. The van der Waals surface area contributed by atoms with Gasteiger partial charge in [-0.1, -0.05) is 17.7 Å². The average molecular weight is 324 g/mol. The second kappa shape index (κ2) is 6.66. The van der Waals surface area contributed by atoms with Crippen LogP contribution in [-0.2, 0) is 11.3 Å². The lowest BCUT2D eigenvalue weighted by Gasteiger charge is -2.20. The fourth-order valence-corrected chi connectivity index (χ4v) is 1.80. The van der Waals surface area contributed by atoms with Crippen molar-refractivity contribution in [3.63, 3.8) is 0 Å². The molecule has 1 aromatic carbocycles. The molecule has 0 atom stereocenters. The first-order valence-electron chi connectivity index (χ1n) is 6.27. The Morgan fingerprint density at radius 1 is 1.29 bits per heavy atom. The summed E-state index contributed by atoms with van der Waals surface area (Å²) in [5.74, 6) is -0.567. The molecule has 0 radical (unpaired) electrons.